The predicted octanol–water partition coefficient (Wildman–Crippen LogP) is 4.71. The second kappa shape index (κ2) is 13.0. The van der Waals surface area contributed by atoms with Crippen LogP contribution in [0.5, 0.6) is 0 Å². The van der Waals surface area contributed by atoms with Crippen molar-refractivity contribution in [3.8, 4) is 0 Å². The maximum Gasteiger partial charge on any atom is 0.303 e. The average molecular weight is 238 g/mol. The van der Waals surface area contributed by atoms with Crippen LogP contribution in [0.1, 0.15) is 64.7 Å². The Bertz CT molecular complexity index is 229. The summed E-state index contributed by atoms with van der Waals surface area (Å²) in [4.78, 5) is 10.3. The summed E-state index contributed by atoms with van der Waals surface area (Å²) in [5.41, 5.74) is 0. The molecule has 0 aliphatic heterocycles. The first-order valence-electron chi connectivity index (χ1n) is 6.79. The molecular formula is C15H26O2. The van der Waals surface area contributed by atoms with E-state index in [1.54, 1.807) is 0 Å². The molecule has 0 atom stereocenters. The van der Waals surface area contributed by atoms with Crippen molar-refractivity contribution in [3.63, 3.8) is 0 Å². The van der Waals surface area contributed by atoms with Gasteiger partial charge in [0.15, 0.2) is 0 Å². The molecule has 0 saturated heterocycles. The van der Waals surface area contributed by atoms with Gasteiger partial charge in [-0.25, -0.2) is 0 Å². The third-order valence-electron chi connectivity index (χ3n) is 2.59. The van der Waals surface area contributed by atoms with E-state index in [1.165, 1.54) is 19.3 Å². The van der Waals surface area contributed by atoms with E-state index in [0.29, 0.717) is 6.42 Å². The second-order valence-corrected chi connectivity index (χ2v) is 4.31. The molecule has 0 unspecified atom stereocenters. The van der Waals surface area contributed by atoms with E-state index in [4.69, 9.17) is 5.11 Å². The molecule has 0 aliphatic carbocycles. The van der Waals surface area contributed by atoms with E-state index in [9.17, 15) is 4.79 Å². The van der Waals surface area contributed by atoms with E-state index >= 15 is 0 Å². The van der Waals surface area contributed by atoms with Crippen LogP contribution in [0, 0.1) is 0 Å². The first-order chi connectivity index (χ1) is 8.27. The monoisotopic (exact) mass is 238 g/mol. The standard InChI is InChI=1S/C15H26O2/c1-2-3-4-5-6-7-8-9-10-11-12-13-14-15(16)17/h5-6,8-9H,2-4,7,10-14H2,1H3,(H,16,17)/b6-5-,9-8-. The van der Waals surface area contributed by atoms with E-state index < -0.39 is 5.97 Å². The van der Waals surface area contributed by atoms with Crippen LogP contribution in [0.2, 0.25) is 0 Å². The number of unbranched alkanes of at least 4 members (excludes halogenated alkanes) is 5. The zero-order chi connectivity index (χ0) is 12.8. The number of carbonyl (C=O) groups is 1. The highest BCUT2D eigenvalue weighted by atomic mass is 16.4. The number of aliphatic carboxylic acids is 1. The largest absolute Gasteiger partial charge is 0.481 e. The van der Waals surface area contributed by atoms with Crippen LogP contribution >= 0.6 is 0 Å². The molecule has 0 bridgehead atoms. The third-order valence-corrected chi connectivity index (χ3v) is 2.59. The van der Waals surface area contributed by atoms with E-state index in [1.807, 2.05) is 0 Å². The molecule has 0 aromatic carbocycles. The second-order valence-electron chi connectivity index (χ2n) is 4.31. The Labute approximate surface area is 105 Å². The molecule has 17 heavy (non-hydrogen) atoms. The van der Waals surface area contributed by atoms with Crippen LogP contribution in [-0.4, -0.2) is 11.1 Å². The van der Waals surface area contributed by atoms with Crippen LogP contribution in [0.3, 0.4) is 0 Å². The summed E-state index contributed by atoms with van der Waals surface area (Å²) in [5, 5.41) is 8.45. The number of carboxylic acid groups (broad SMARTS) is 1. The van der Waals surface area contributed by atoms with Crippen molar-refractivity contribution in [2.75, 3.05) is 0 Å². The average Bonchev–Trinajstić information content (AvgIpc) is 2.30. The zero-order valence-electron chi connectivity index (χ0n) is 11.0. The lowest BCUT2D eigenvalue weighted by atomic mass is 10.1. The van der Waals surface area contributed by atoms with Crippen LogP contribution < -0.4 is 0 Å². The van der Waals surface area contributed by atoms with Gasteiger partial charge in [0, 0.05) is 6.42 Å². The van der Waals surface area contributed by atoms with Gasteiger partial charge in [0.25, 0.3) is 0 Å². The van der Waals surface area contributed by atoms with Crippen LogP contribution in [-0.2, 0) is 4.79 Å². The lowest BCUT2D eigenvalue weighted by Gasteiger charge is -1.94. The molecule has 0 heterocycles. The highest BCUT2D eigenvalue weighted by molar-refractivity contribution is 5.66. The SMILES string of the molecule is CCCC/C=C\C/C=C\CCCCCC(=O)O. The molecule has 0 saturated carbocycles. The summed E-state index contributed by atoms with van der Waals surface area (Å²) in [6, 6.07) is 0. The number of carboxylic acids is 1. The van der Waals surface area contributed by atoms with Gasteiger partial charge in [-0.2, -0.15) is 0 Å². The molecule has 0 aromatic heterocycles. The molecule has 0 amide bonds. The van der Waals surface area contributed by atoms with Gasteiger partial charge in [0.05, 0.1) is 0 Å². The quantitative estimate of drug-likeness (QED) is 0.418. The van der Waals surface area contributed by atoms with Gasteiger partial charge in [-0.3, -0.25) is 4.79 Å². The molecule has 0 rings (SSSR count). The van der Waals surface area contributed by atoms with Crippen molar-refractivity contribution in [1.82, 2.24) is 0 Å². The van der Waals surface area contributed by atoms with E-state index in [2.05, 4.69) is 31.2 Å². The Morgan fingerprint density at radius 2 is 1.59 bits per heavy atom. The normalized spacial score (nSPS) is 11.6. The van der Waals surface area contributed by atoms with Gasteiger partial charge in [-0.15, -0.1) is 0 Å². The summed E-state index contributed by atoms with van der Waals surface area (Å²) < 4.78 is 0. The Hall–Kier alpha value is -1.05. The first-order valence-corrected chi connectivity index (χ1v) is 6.79. The van der Waals surface area contributed by atoms with Gasteiger partial charge in [-0.1, -0.05) is 50.5 Å². The zero-order valence-corrected chi connectivity index (χ0v) is 11.0. The Kier molecular flexibility index (Phi) is 12.2. The minimum atomic E-state index is -0.683. The lowest BCUT2D eigenvalue weighted by molar-refractivity contribution is -0.137. The number of hydrogen-bond acceptors (Lipinski definition) is 1. The summed E-state index contributed by atoms with van der Waals surface area (Å²) in [6.07, 6.45) is 17.9. The van der Waals surface area contributed by atoms with Crippen molar-refractivity contribution in [1.29, 1.82) is 0 Å². The van der Waals surface area contributed by atoms with Gasteiger partial charge in [-0.05, 0) is 32.1 Å². The molecule has 0 fully saturated rings. The number of hydrogen-bond donors (Lipinski definition) is 1. The van der Waals surface area contributed by atoms with Crippen molar-refractivity contribution in [2.45, 2.75) is 64.7 Å². The lowest BCUT2D eigenvalue weighted by Crippen LogP contribution is -1.93. The van der Waals surface area contributed by atoms with Gasteiger partial charge in [0.1, 0.15) is 0 Å². The number of allylic oxidation sites excluding steroid dienone is 4. The number of rotatable bonds is 11. The molecule has 1 N–H and O–H groups in total. The molecule has 2 nitrogen and oxygen atoms in total. The highest BCUT2D eigenvalue weighted by Crippen LogP contribution is 2.04. The van der Waals surface area contributed by atoms with Crippen LogP contribution in [0.4, 0.5) is 0 Å². The maximum atomic E-state index is 10.3. The minimum absolute atomic E-state index is 0.309. The Morgan fingerprint density at radius 3 is 2.18 bits per heavy atom. The van der Waals surface area contributed by atoms with Gasteiger partial charge >= 0.3 is 5.97 Å². The van der Waals surface area contributed by atoms with Gasteiger partial charge in [0.2, 0.25) is 0 Å². The fourth-order valence-electron chi connectivity index (χ4n) is 1.54. The molecule has 2 heteroatoms. The predicted molar refractivity (Wildman–Crippen MR) is 73.1 cm³/mol. The van der Waals surface area contributed by atoms with E-state index in [-0.39, 0.29) is 0 Å². The first kappa shape index (κ1) is 16.0. The smallest absolute Gasteiger partial charge is 0.303 e. The van der Waals surface area contributed by atoms with Crippen molar-refractivity contribution >= 4 is 5.97 Å². The fourth-order valence-corrected chi connectivity index (χ4v) is 1.54. The molecule has 0 radical (unpaired) electrons. The van der Waals surface area contributed by atoms with E-state index in [0.717, 1.165) is 32.1 Å². The van der Waals surface area contributed by atoms with Crippen molar-refractivity contribution in [3.05, 3.63) is 24.3 Å². The molecule has 0 spiro atoms. The molecule has 98 valence electrons. The molecular weight excluding hydrogens is 212 g/mol. The van der Waals surface area contributed by atoms with Crippen LogP contribution in [0.25, 0.3) is 0 Å². The molecule has 0 aliphatic rings. The summed E-state index contributed by atoms with van der Waals surface area (Å²) >= 11 is 0. The Morgan fingerprint density at radius 1 is 0.941 bits per heavy atom. The maximum absolute atomic E-state index is 10.3. The molecule has 0 aromatic rings. The summed E-state index contributed by atoms with van der Waals surface area (Å²) in [7, 11) is 0. The third kappa shape index (κ3) is 14.9. The Balaban J connectivity index is 3.19. The summed E-state index contributed by atoms with van der Waals surface area (Å²) in [5.74, 6) is -0.683. The van der Waals surface area contributed by atoms with Crippen LogP contribution in [0.15, 0.2) is 24.3 Å². The minimum Gasteiger partial charge on any atom is -0.481 e. The topological polar surface area (TPSA) is 37.3 Å². The van der Waals surface area contributed by atoms with Crippen molar-refractivity contribution in [2.24, 2.45) is 0 Å². The summed E-state index contributed by atoms with van der Waals surface area (Å²) in [6.45, 7) is 2.21. The highest BCUT2D eigenvalue weighted by Gasteiger charge is 1.94. The fraction of sp³-hybridized carbons (Fsp3) is 0.667. The van der Waals surface area contributed by atoms with Gasteiger partial charge < -0.3 is 5.11 Å². The van der Waals surface area contributed by atoms with Crippen molar-refractivity contribution < 1.29 is 9.90 Å².